The zero-order chi connectivity index (χ0) is 24.4. The summed E-state index contributed by atoms with van der Waals surface area (Å²) in [5, 5.41) is 12.1. The Balaban J connectivity index is 1.51. The molecule has 0 unspecified atom stereocenters. The molecule has 0 saturated carbocycles. The Labute approximate surface area is 208 Å². The van der Waals surface area contributed by atoms with Gasteiger partial charge in [0.1, 0.15) is 11.0 Å². The molecule has 3 aromatic carbocycles. The van der Waals surface area contributed by atoms with E-state index in [1.165, 1.54) is 11.8 Å². The lowest BCUT2D eigenvalue weighted by atomic mass is 10.0. The first-order valence-corrected chi connectivity index (χ1v) is 12.5. The van der Waals surface area contributed by atoms with Gasteiger partial charge in [0, 0.05) is 11.3 Å². The zero-order valence-corrected chi connectivity index (χ0v) is 20.7. The Kier molecular flexibility index (Phi) is 6.46. The number of nitrogens with one attached hydrogen (secondary N) is 2. The van der Waals surface area contributed by atoms with E-state index in [2.05, 4.69) is 20.9 Å². The second-order valence-corrected chi connectivity index (χ2v) is 9.57. The van der Waals surface area contributed by atoms with Gasteiger partial charge in [-0.05, 0) is 55.7 Å². The Bertz CT molecular complexity index is 1340. The van der Waals surface area contributed by atoms with Crippen LogP contribution in [0.2, 0.25) is 0 Å². The Morgan fingerprint density at radius 2 is 1.83 bits per heavy atom. The van der Waals surface area contributed by atoms with Crippen LogP contribution < -0.4 is 15.5 Å². The van der Waals surface area contributed by atoms with Gasteiger partial charge in [-0.2, -0.15) is 0 Å². The topological polar surface area (TPSA) is 81.1 Å². The fourth-order valence-electron chi connectivity index (χ4n) is 4.09. The van der Waals surface area contributed by atoms with Crippen LogP contribution in [0.25, 0.3) is 11.4 Å². The van der Waals surface area contributed by atoms with Gasteiger partial charge in [-0.25, -0.2) is 4.68 Å². The highest BCUT2D eigenvalue weighted by Gasteiger charge is 2.38. The van der Waals surface area contributed by atoms with Crippen molar-refractivity contribution in [3.8, 4) is 17.1 Å². The van der Waals surface area contributed by atoms with E-state index in [1.54, 1.807) is 0 Å². The van der Waals surface area contributed by atoms with Crippen molar-refractivity contribution in [2.75, 3.05) is 17.3 Å². The van der Waals surface area contributed by atoms with Crippen LogP contribution in [0.15, 0.2) is 78.0 Å². The average molecular weight is 486 g/mol. The van der Waals surface area contributed by atoms with Crippen molar-refractivity contribution in [2.45, 2.75) is 37.2 Å². The first-order valence-electron chi connectivity index (χ1n) is 11.6. The number of aromatic nitrogens is 3. The molecule has 1 aliphatic heterocycles. The van der Waals surface area contributed by atoms with Crippen LogP contribution in [0.1, 0.15) is 29.7 Å². The summed E-state index contributed by atoms with van der Waals surface area (Å²) in [6, 6.07) is 23.5. The minimum Gasteiger partial charge on any atom is -0.494 e. The number of thioether (sulfide) groups is 1. The number of carbonyl (C=O) groups excluding carboxylic acids is 1. The molecule has 0 radical (unpaired) electrons. The molecule has 0 bridgehead atoms. The van der Waals surface area contributed by atoms with E-state index >= 15 is 0 Å². The van der Waals surface area contributed by atoms with Gasteiger partial charge in [0.2, 0.25) is 11.1 Å². The number of amides is 1. The molecule has 0 spiro atoms. The van der Waals surface area contributed by atoms with Crippen molar-refractivity contribution in [1.82, 2.24) is 14.9 Å². The molecular formula is C27H27N5O2S. The summed E-state index contributed by atoms with van der Waals surface area (Å²) in [5.41, 5.74) is 8.37. The maximum atomic E-state index is 13.6. The van der Waals surface area contributed by atoms with Crippen LogP contribution in [0.5, 0.6) is 5.75 Å². The lowest BCUT2D eigenvalue weighted by Gasteiger charge is -2.33. The quantitative estimate of drug-likeness (QED) is 0.383. The maximum Gasteiger partial charge on any atom is 0.240 e. The van der Waals surface area contributed by atoms with Crippen molar-refractivity contribution >= 4 is 23.4 Å². The van der Waals surface area contributed by atoms with Crippen molar-refractivity contribution in [3.63, 3.8) is 0 Å². The molecular weight excluding hydrogens is 458 g/mol. The molecule has 2 N–H and O–H groups in total. The molecule has 0 saturated heterocycles. The number of ether oxygens (including phenoxy) is 1. The summed E-state index contributed by atoms with van der Waals surface area (Å²) in [6.45, 7) is 6.57. The van der Waals surface area contributed by atoms with Crippen molar-refractivity contribution in [3.05, 3.63) is 89.5 Å². The fraction of sp³-hybridized carbons (Fsp3) is 0.222. The van der Waals surface area contributed by atoms with E-state index in [-0.39, 0.29) is 11.9 Å². The highest BCUT2D eigenvalue weighted by Crippen LogP contribution is 2.39. The third kappa shape index (κ3) is 4.74. The standard InChI is InChI=1S/C27H27N5O2S/c1-4-34-21-14-12-19(13-15-21)23-24(26(33)28-22-16-17(2)10-11-18(22)3)35-27-30-29-25(32(27)31-23)20-8-6-5-7-9-20/h5-16,23-24,31H,4H2,1-3H3,(H,28,33)/t23-,24-/m1/s1. The van der Waals surface area contributed by atoms with Crippen molar-refractivity contribution < 1.29 is 9.53 Å². The number of rotatable bonds is 6. The molecule has 8 heteroatoms. The van der Waals surface area contributed by atoms with Gasteiger partial charge in [-0.3, -0.25) is 4.79 Å². The van der Waals surface area contributed by atoms with Crippen molar-refractivity contribution in [2.24, 2.45) is 0 Å². The summed E-state index contributed by atoms with van der Waals surface area (Å²) in [4.78, 5) is 13.6. The van der Waals surface area contributed by atoms with Gasteiger partial charge in [0.25, 0.3) is 0 Å². The number of anilines is 1. The summed E-state index contributed by atoms with van der Waals surface area (Å²) in [5.74, 6) is 1.41. The molecule has 5 rings (SSSR count). The third-order valence-corrected chi connectivity index (χ3v) is 7.14. The number of hydrogen-bond donors (Lipinski definition) is 2. The minimum atomic E-state index is -0.465. The van der Waals surface area contributed by atoms with Crippen LogP contribution in [0.3, 0.4) is 0 Å². The molecule has 7 nitrogen and oxygen atoms in total. The highest BCUT2D eigenvalue weighted by atomic mass is 32.2. The van der Waals surface area contributed by atoms with Gasteiger partial charge >= 0.3 is 0 Å². The van der Waals surface area contributed by atoms with E-state index in [4.69, 9.17) is 4.74 Å². The average Bonchev–Trinajstić information content (AvgIpc) is 3.30. The van der Waals surface area contributed by atoms with Gasteiger partial charge in [-0.1, -0.05) is 66.4 Å². The van der Waals surface area contributed by atoms with Gasteiger partial charge in [0.05, 0.1) is 12.6 Å². The van der Waals surface area contributed by atoms with Crippen LogP contribution in [-0.2, 0) is 4.79 Å². The first kappa shape index (κ1) is 23.0. The number of carbonyl (C=O) groups is 1. The Hall–Kier alpha value is -3.78. The number of nitrogens with zero attached hydrogens (tertiary/aromatic N) is 3. The number of aryl methyl sites for hydroxylation is 2. The normalized spacial score (nSPS) is 16.8. The second kappa shape index (κ2) is 9.84. The summed E-state index contributed by atoms with van der Waals surface area (Å²) >= 11 is 1.41. The Morgan fingerprint density at radius 1 is 1.06 bits per heavy atom. The molecule has 178 valence electrons. The van der Waals surface area contributed by atoms with E-state index in [1.807, 2.05) is 98.2 Å². The number of hydrogen-bond acceptors (Lipinski definition) is 6. The summed E-state index contributed by atoms with van der Waals surface area (Å²) < 4.78 is 7.49. The lowest BCUT2D eigenvalue weighted by Crippen LogP contribution is -2.41. The molecule has 2 heterocycles. The molecule has 1 amide bonds. The SMILES string of the molecule is CCOc1ccc([C@H]2Nn3c(nnc3-c3ccccc3)S[C@H]2C(=O)Nc2cc(C)ccc2C)cc1. The molecule has 1 aromatic heterocycles. The van der Waals surface area contributed by atoms with Crippen LogP contribution in [-0.4, -0.2) is 32.6 Å². The molecule has 0 aliphatic carbocycles. The second-order valence-electron chi connectivity index (χ2n) is 8.46. The summed E-state index contributed by atoms with van der Waals surface area (Å²) in [6.07, 6.45) is 0. The fourth-order valence-corrected chi connectivity index (χ4v) is 5.17. The Morgan fingerprint density at radius 3 is 2.57 bits per heavy atom. The van der Waals surface area contributed by atoms with Crippen LogP contribution in [0, 0.1) is 13.8 Å². The molecule has 4 aromatic rings. The van der Waals surface area contributed by atoms with E-state index in [9.17, 15) is 4.79 Å². The largest absolute Gasteiger partial charge is 0.494 e. The zero-order valence-electron chi connectivity index (χ0n) is 19.9. The maximum absolute atomic E-state index is 13.6. The predicted molar refractivity (Wildman–Crippen MR) is 139 cm³/mol. The number of fused-ring (bicyclic) bond motifs is 1. The third-order valence-electron chi connectivity index (χ3n) is 5.93. The lowest BCUT2D eigenvalue weighted by molar-refractivity contribution is -0.116. The van der Waals surface area contributed by atoms with Gasteiger partial charge in [0.15, 0.2) is 5.82 Å². The van der Waals surface area contributed by atoms with E-state index in [0.29, 0.717) is 17.6 Å². The highest BCUT2D eigenvalue weighted by molar-refractivity contribution is 8.00. The monoisotopic (exact) mass is 485 g/mol. The van der Waals surface area contributed by atoms with Gasteiger partial charge < -0.3 is 15.5 Å². The van der Waals surface area contributed by atoms with E-state index in [0.717, 1.165) is 33.7 Å². The number of benzene rings is 3. The molecule has 0 fully saturated rings. The summed E-state index contributed by atoms with van der Waals surface area (Å²) in [7, 11) is 0. The van der Waals surface area contributed by atoms with Crippen molar-refractivity contribution in [1.29, 1.82) is 0 Å². The molecule has 2 atom stereocenters. The predicted octanol–water partition coefficient (Wildman–Crippen LogP) is 5.36. The van der Waals surface area contributed by atoms with Crippen LogP contribution in [0.4, 0.5) is 5.69 Å². The smallest absolute Gasteiger partial charge is 0.240 e. The van der Waals surface area contributed by atoms with Gasteiger partial charge in [-0.15, -0.1) is 10.2 Å². The minimum absolute atomic E-state index is 0.0920. The van der Waals surface area contributed by atoms with Crippen LogP contribution >= 0.6 is 11.8 Å². The first-order chi connectivity index (χ1) is 17.0. The molecule has 1 aliphatic rings. The van der Waals surface area contributed by atoms with E-state index < -0.39 is 5.25 Å². The molecule has 35 heavy (non-hydrogen) atoms.